The zero-order valence-corrected chi connectivity index (χ0v) is 9.04. The van der Waals surface area contributed by atoms with Gasteiger partial charge in [0.25, 0.3) is 0 Å². The van der Waals surface area contributed by atoms with Crippen LogP contribution < -0.4 is 0 Å². The predicted molar refractivity (Wildman–Crippen MR) is 62.6 cm³/mol. The van der Waals surface area contributed by atoms with E-state index < -0.39 is 17.5 Å². The van der Waals surface area contributed by atoms with Crippen LogP contribution >= 0.6 is 0 Å². The van der Waals surface area contributed by atoms with Crippen LogP contribution in [0, 0.1) is 0 Å². The van der Waals surface area contributed by atoms with Crippen LogP contribution in [0.3, 0.4) is 0 Å². The van der Waals surface area contributed by atoms with Gasteiger partial charge in [-0.25, -0.2) is 4.79 Å². The summed E-state index contributed by atoms with van der Waals surface area (Å²) in [4.78, 5) is 25.0. The van der Waals surface area contributed by atoms with E-state index in [1.807, 2.05) is 0 Å². The van der Waals surface area contributed by atoms with Crippen LogP contribution in [-0.2, 0) is 4.79 Å². The number of benzene rings is 1. The van der Waals surface area contributed by atoms with Gasteiger partial charge in [0.2, 0.25) is 5.76 Å². The first-order valence-electron chi connectivity index (χ1n) is 4.97. The van der Waals surface area contributed by atoms with Crippen molar-refractivity contribution in [2.75, 3.05) is 0 Å². The molecule has 0 amide bonds. The number of carbonyl (C=O) groups is 2. The number of fused-ring (bicyclic) bond motifs is 1. The highest BCUT2D eigenvalue weighted by atomic mass is 16.4. The fourth-order valence-corrected chi connectivity index (χ4v) is 1.58. The molecule has 0 saturated heterocycles. The molecule has 6 heteroatoms. The third-order valence-electron chi connectivity index (χ3n) is 2.42. The fraction of sp³-hybridized carbons (Fsp3) is 0. The number of aromatic nitrogens is 1. The Kier molecular flexibility index (Phi) is 2.77. The van der Waals surface area contributed by atoms with Gasteiger partial charge in [-0.1, -0.05) is 0 Å². The second-order valence-electron chi connectivity index (χ2n) is 3.63. The van der Waals surface area contributed by atoms with E-state index in [-0.39, 0.29) is 11.3 Å². The fourth-order valence-electron chi connectivity index (χ4n) is 1.58. The molecule has 0 unspecified atom stereocenters. The number of aliphatic hydroxyl groups is 1. The Labute approximate surface area is 101 Å². The summed E-state index contributed by atoms with van der Waals surface area (Å²) < 4.78 is 0. The zero-order valence-electron chi connectivity index (χ0n) is 9.04. The molecule has 0 bridgehead atoms. The zero-order chi connectivity index (χ0) is 13.3. The molecule has 1 aromatic carbocycles. The van der Waals surface area contributed by atoms with Crippen LogP contribution in [0.4, 0.5) is 0 Å². The Morgan fingerprint density at radius 2 is 1.94 bits per heavy atom. The van der Waals surface area contributed by atoms with E-state index in [2.05, 4.69) is 4.98 Å². The number of allylic oxidation sites excluding steroid dienone is 1. The lowest BCUT2D eigenvalue weighted by Gasteiger charge is -1.96. The van der Waals surface area contributed by atoms with Gasteiger partial charge in [0.15, 0.2) is 5.78 Å². The highest BCUT2D eigenvalue weighted by Crippen LogP contribution is 2.23. The molecule has 0 fully saturated rings. The lowest BCUT2D eigenvalue weighted by Crippen LogP contribution is -2.03. The number of aliphatic hydroxyl groups excluding tert-OH is 1. The number of aliphatic carboxylic acids is 1. The second-order valence-corrected chi connectivity index (χ2v) is 3.63. The van der Waals surface area contributed by atoms with Crippen molar-refractivity contribution in [3.8, 4) is 5.75 Å². The molecule has 2 rings (SSSR count). The maximum atomic E-state index is 11.7. The van der Waals surface area contributed by atoms with Gasteiger partial charge in [0.1, 0.15) is 5.75 Å². The summed E-state index contributed by atoms with van der Waals surface area (Å²) in [6.07, 6.45) is 2.01. The molecule has 0 spiro atoms. The number of aromatic hydroxyl groups is 1. The second kappa shape index (κ2) is 4.25. The number of phenolic OH excluding ortho intramolecular Hbond substituents is 1. The summed E-state index contributed by atoms with van der Waals surface area (Å²) in [6.45, 7) is 0. The highest BCUT2D eigenvalue weighted by Gasteiger charge is 2.13. The smallest absolute Gasteiger partial charge is 0.371 e. The van der Waals surface area contributed by atoms with Crippen LogP contribution in [0.5, 0.6) is 5.75 Å². The van der Waals surface area contributed by atoms with Gasteiger partial charge in [-0.05, 0) is 18.2 Å². The van der Waals surface area contributed by atoms with Crippen LogP contribution in [0.1, 0.15) is 10.4 Å². The topological polar surface area (TPSA) is 111 Å². The van der Waals surface area contributed by atoms with Gasteiger partial charge in [-0.15, -0.1) is 0 Å². The molecule has 2 aromatic rings. The van der Waals surface area contributed by atoms with Gasteiger partial charge in [0, 0.05) is 28.7 Å². The van der Waals surface area contributed by atoms with Crippen LogP contribution in [0.2, 0.25) is 0 Å². The standard InChI is InChI=1S/C12H9NO5/c14-6-1-2-9-7(3-6)8(5-13-9)10(15)4-11(16)12(17)18/h1-5,13-14,16H,(H,17,18). The molecule has 0 atom stereocenters. The molecular weight excluding hydrogens is 238 g/mol. The lowest BCUT2D eigenvalue weighted by molar-refractivity contribution is -0.135. The van der Waals surface area contributed by atoms with Gasteiger partial charge < -0.3 is 20.3 Å². The summed E-state index contributed by atoms with van der Waals surface area (Å²) in [6, 6.07) is 4.42. The molecule has 0 radical (unpaired) electrons. The predicted octanol–water partition coefficient (Wildman–Crippen LogP) is 1.58. The first-order chi connectivity index (χ1) is 8.49. The van der Waals surface area contributed by atoms with E-state index in [0.29, 0.717) is 17.0 Å². The third kappa shape index (κ3) is 2.03. The van der Waals surface area contributed by atoms with Crippen molar-refractivity contribution in [3.63, 3.8) is 0 Å². The number of aromatic amines is 1. The van der Waals surface area contributed by atoms with E-state index in [4.69, 9.17) is 10.2 Å². The van der Waals surface area contributed by atoms with E-state index in [1.54, 1.807) is 6.07 Å². The van der Waals surface area contributed by atoms with Crippen molar-refractivity contribution in [2.24, 2.45) is 0 Å². The minimum atomic E-state index is -1.58. The molecule has 0 aliphatic heterocycles. The summed E-state index contributed by atoms with van der Waals surface area (Å²) in [5, 5.41) is 27.3. The number of carbonyl (C=O) groups excluding carboxylic acids is 1. The quantitative estimate of drug-likeness (QED) is 0.374. The van der Waals surface area contributed by atoms with Crippen LogP contribution in [-0.4, -0.2) is 32.1 Å². The minimum Gasteiger partial charge on any atom is -0.508 e. The van der Waals surface area contributed by atoms with E-state index in [1.165, 1.54) is 18.3 Å². The number of phenols is 1. The molecule has 92 valence electrons. The van der Waals surface area contributed by atoms with Crippen LogP contribution in [0.25, 0.3) is 10.9 Å². The maximum Gasteiger partial charge on any atom is 0.371 e. The van der Waals surface area contributed by atoms with Gasteiger partial charge in [-0.3, -0.25) is 4.79 Å². The molecule has 4 N–H and O–H groups in total. The third-order valence-corrected chi connectivity index (χ3v) is 2.42. The van der Waals surface area contributed by atoms with Crippen molar-refractivity contribution >= 4 is 22.7 Å². The average Bonchev–Trinajstić information content (AvgIpc) is 2.71. The summed E-state index contributed by atoms with van der Waals surface area (Å²) >= 11 is 0. The molecule has 1 heterocycles. The summed E-state index contributed by atoms with van der Waals surface area (Å²) in [5.41, 5.74) is 0.799. The number of carboxylic acid groups (broad SMARTS) is 1. The Morgan fingerprint density at radius 1 is 1.22 bits per heavy atom. The number of hydrogen-bond acceptors (Lipinski definition) is 4. The van der Waals surface area contributed by atoms with Crippen molar-refractivity contribution in [1.82, 2.24) is 4.98 Å². The molecule has 0 aliphatic carbocycles. The van der Waals surface area contributed by atoms with Crippen molar-refractivity contribution < 1.29 is 24.9 Å². The number of hydrogen-bond donors (Lipinski definition) is 4. The first-order valence-corrected chi connectivity index (χ1v) is 4.97. The van der Waals surface area contributed by atoms with Crippen molar-refractivity contribution in [2.45, 2.75) is 0 Å². The van der Waals surface area contributed by atoms with Crippen molar-refractivity contribution in [1.29, 1.82) is 0 Å². The Bertz CT molecular complexity index is 668. The highest BCUT2D eigenvalue weighted by molar-refractivity contribution is 6.15. The minimum absolute atomic E-state index is 0.0115. The summed E-state index contributed by atoms with van der Waals surface area (Å²) in [7, 11) is 0. The molecule has 0 saturated carbocycles. The number of rotatable bonds is 3. The molecule has 18 heavy (non-hydrogen) atoms. The molecular formula is C12H9NO5. The van der Waals surface area contributed by atoms with E-state index >= 15 is 0 Å². The van der Waals surface area contributed by atoms with Gasteiger partial charge in [0.05, 0.1) is 0 Å². The largest absolute Gasteiger partial charge is 0.508 e. The molecule has 6 nitrogen and oxygen atoms in total. The van der Waals surface area contributed by atoms with E-state index in [0.717, 1.165) is 0 Å². The Hall–Kier alpha value is -2.76. The lowest BCUT2D eigenvalue weighted by atomic mass is 10.1. The SMILES string of the molecule is O=C(O)C(O)=CC(=O)c1c[nH]c2ccc(O)cc12. The molecule has 1 aromatic heterocycles. The Morgan fingerprint density at radius 3 is 2.61 bits per heavy atom. The normalized spacial score (nSPS) is 11.7. The number of ketones is 1. The Balaban J connectivity index is 2.49. The monoisotopic (exact) mass is 247 g/mol. The average molecular weight is 247 g/mol. The van der Waals surface area contributed by atoms with Gasteiger partial charge in [-0.2, -0.15) is 0 Å². The summed E-state index contributed by atoms with van der Waals surface area (Å²) in [5.74, 6) is -3.28. The number of carboxylic acids is 1. The first kappa shape index (κ1) is 11.7. The van der Waals surface area contributed by atoms with Crippen molar-refractivity contribution in [3.05, 3.63) is 41.8 Å². The van der Waals surface area contributed by atoms with E-state index in [9.17, 15) is 14.7 Å². The number of nitrogens with one attached hydrogen (secondary N) is 1. The number of H-pyrrole nitrogens is 1. The molecule has 0 aliphatic rings. The maximum absolute atomic E-state index is 11.7. The van der Waals surface area contributed by atoms with Crippen LogP contribution in [0.15, 0.2) is 36.2 Å². The van der Waals surface area contributed by atoms with Gasteiger partial charge >= 0.3 is 5.97 Å².